The van der Waals surface area contributed by atoms with Crippen molar-refractivity contribution < 1.29 is 5.11 Å². The fourth-order valence-electron chi connectivity index (χ4n) is 1.78. The zero-order chi connectivity index (χ0) is 14.1. The SMILES string of the molecule is CCCCC#CCCC(O)(C#N)c1ccc(C)cc1. The molecule has 1 rings (SSSR count). The minimum absolute atomic E-state index is 0.353. The molecule has 100 valence electrons. The Kier molecular flexibility index (Phi) is 6.13. The maximum Gasteiger partial charge on any atom is 0.177 e. The molecule has 2 heteroatoms. The molecule has 0 spiro atoms. The van der Waals surface area contributed by atoms with Gasteiger partial charge in [0.05, 0.1) is 0 Å². The lowest BCUT2D eigenvalue weighted by Gasteiger charge is -2.19. The monoisotopic (exact) mass is 255 g/mol. The molecule has 1 unspecified atom stereocenters. The van der Waals surface area contributed by atoms with E-state index >= 15 is 0 Å². The van der Waals surface area contributed by atoms with Gasteiger partial charge in [-0.15, -0.1) is 11.8 Å². The lowest BCUT2D eigenvalue weighted by molar-refractivity contribution is 0.0896. The molecule has 1 N–H and O–H groups in total. The van der Waals surface area contributed by atoms with Crippen LogP contribution in [-0.4, -0.2) is 5.11 Å². The number of nitrogens with zero attached hydrogens (tertiary/aromatic N) is 1. The highest BCUT2D eigenvalue weighted by Crippen LogP contribution is 2.25. The Morgan fingerprint density at radius 2 is 1.79 bits per heavy atom. The largest absolute Gasteiger partial charge is 0.371 e. The van der Waals surface area contributed by atoms with E-state index in [9.17, 15) is 10.4 Å². The van der Waals surface area contributed by atoms with Crippen LogP contribution in [0.3, 0.4) is 0 Å². The molecule has 0 aliphatic carbocycles. The van der Waals surface area contributed by atoms with Gasteiger partial charge in [-0.1, -0.05) is 43.2 Å². The van der Waals surface area contributed by atoms with Gasteiger partial charge >= 0.3 is 0 Å². The molecule has 0 aliphatic heterocycles. The molecule has 0 heterocycles. The molecule has 1 aromatic rings. The van der Waals surface area contributed by atoms with Crippen molar-refractivity contribution in [2.24, 2.45) is 0 Å². The van der Waals surface area contributed by atoms with Gasteiger partial charge in [-0.25, -0.2) is 0 Å². The van der Waals surface area contributed by atoms with Crippen LogP contribution in [0.5, 0.6) is 0 Å². The third-order valence-electron chi connectivity index (χ3n) is 3.11. The van der Waals surface area contributed by atoms with Gasteiger partial charge in [-0.2, -0.15) is 5.26 Å². The van der Waals surface area contributed by atoms with E-state index in [1.54, 1.807) is 0 Å². The Morgan fingerprint density at radius 1 is 1.16 bits per heavy atom. The average Bonchev–Trinajstić information content (AvgIpc) is 2.43. The summed E-state index contributed by atoms with van der Waals surface area (Å²) in [4.78, 5) is 0. The fraction of sp³-hybridized carbons (Fsp3) is 0.471. The molecule has 0 saturated heterocycles. The normalized spacial score (nSPS) is 12.9. The van der Waals surface area contributed by atoms with Gasteiger partial charge in [0, 0.05) is 19.3 Å². The first-order chi connectivity index (χ1) is 9.12. The maximum atomic E-state index is 10.4. The van der Waals surface area contributed by atoms with Gasteiger partial charge in [0.15, 0.2) is 5.60 Å². The van der Waals surface area contributed by atoms with E-state index in [0.29, 0.717) is 18.4 Å². The number of aryl methyl sites for hydroxylation is 1. The van der Waals surface area contributed by atoms with Gasteiger partial charge in [0.25, 0.3) is 0 Å². The molecular weight excluding hydrogens is 234 g/mol. The van der Waals surface area contributed by atoms with E-state index in [0.717, 1.165) is 24.8 Å². The van der Waals surface area contributed by atoms with Crippen LogP contribution in [0.15, 0.2) is 24.3 Å². The van der Waals surface area contributed by atoms with Crippen LogP contribution in [0.2, 0.25) is 0 Å². The predicted octanol–water partition coefficient (Wildman–Crippen LogP) is 3.68. The molecule has 0 aromatic heterocycles. The summed E-state index contributed by atoms with van der Waals surface area (Å²) in [6, 6.07) is 9.44. The Morgan fingerprint density at radius 3 is 2.37 bits per heavy atom. The number of benzene rings is 1. The molecule has 19 heavy (non-hydrogen) atoms. The van der Waals surface area contributed by atoms with E-state index in [2.05, 4.69) is 18.8 Å². The van der Waals surface area contributed by atoms with Crippen molar-refractivity contribution in [2.75, 3.05) is 0 Å². The van der Waals surface area contributed by atoms with Crippen LogP contribution < -0.4 is 0 Å². The Bertz CT molecular complexity index is 487. The van der Waals surface area contributed by atoms with E-state index in [1.807, 2.05) is 37.3 Å². The van der Waals surface area contributed by atoms with Crippen molar-refractivity contribution in [3.8, 4) is 17.9 Å². The van der Waals surface area contributed by atoms with Crippen LogP contribution in [0.25, 0.3) is 0 Å². The molecule has 0 saturated carbocycles. The van der Waals surface area contributed by atoms with Gasteiger partial charge in [0.1, 0.15) is 6.07 Å². The number of rotatable bonds is 5. The smallest absolute Gasteiger partial charge is 0.177 e. The number of hydrogen-bond acceptors (Lipinski definition) is 2. The highest BCUT2D eigenvalue weighted by atomic mass is 16.3. The van der Waals surface area contributed by atoms with Crippen molar-refractivity contribution in [2.45, 2.75) is 51.6 Å². The van der Waals surface area contributed by atoms with Crippen molar-refractivity contribution in [1.82, 2.24) is 0 Å². The van der Waals surface area contributed by atoms with Crippen molar-refractivity contribution in [3.05, 3.63) is 35.4 Å². The zero-order valence-electron chi connectivity index (χ0n) is 11.7. The molecule has 2 nitrogen and oxygen atoms in total. The molecule has 0 radical (unpaired) electrons. The lowest BCUT2D eigenvalue weighted by Crippen LogP contribution is -2.23. The quantitative estimate of drug-likeness (QED) is 0.495. The van der Waals surface area contributed by atoms with Crippen LogP contribution >= 0.6 is 0 Å². The summed E-state index contributed by atoms with van der Waals surface area (Å²) in [7, 11) is 0. The predicted molar refractivity (Wildman–Crippen MR) is 77.2 cm³/mol. The molecular formula is C17H21NO. The van der Waals surface area contributed by atoms with Crippen LogP contribution in [0.1, 0.15) is 50.2 Å². The van der Waals surface area contributed by atoms with Crippen molar-refractivity contribution in [1.29, 1.82) is 5.26 Å². The van der Waals surface area contributed by atoms with Crippen LogP contribution in [0, 0.1) is 30.1 Å². The molecule has 0 aliphatic rings. The second kappa shape index (κ2) is 7.62. The minimum atomic E-state index is -1.42. The summed E-state index contributed by atoms with van der Waals surface area (Å²) >= 11 is 0. The summed E-state index contributed by atoms with van der Waals surface area (Å²) in [5, 5.41) is 19.6. The van der Waals surface area contributed by atoms with E-state index < -0.39 is 5.60 Å². The van der Waals surface area contributed by atoms with E-state index in [-0.39, 0.29) is 0 Å². The highest BCUT2D eigenvalue weighted by Gasteiger charge is 2.27. The Hall–Kier alpha value is -1.77. The number of aliphatic hydroxyl groups is 1. The van der Waals surface area contributed by atoms with Crippen LogP contribution in [-0.2, 0) is 5.60 Å². The second-order valence-corrected chi connectivity index (χ2v) is 4.80. The third-order valence-corrected chi connectivity index (χ3v) is 3.11. The summed E-state index contributed by atoms with van der Waals surface area (Å²) in [5.41, 5.74) is 0.340. The molecule has 1 atom stereocenters. The summed E-state index contributed by atoms with van der Waals surface area (Å²) in [5.74, 6) is 6.10. The Labute approximate surface area is 116 Å². The molecule has 0 amide bonds. The van der Waals surface area contributed by atoms with Gasteiger partial charge in [0.2, 0.25) is 0 Å². The Balaban J connectivity index is 2.63. The van der Waals surface area contributed by atoms with Crippen LogP contribution in [0.4, 0.5) is 0 Å². The molecule has 0 bridgehead atoms. The fourth-order valence-corrected chi connectivity index (χ4v) is 1.78. The van der Waals surface area contributed by atoms with Gasteiger partial charge in [-0.3, -0.25) is 0 Å². The molecule has 1 aromatic carbocycles. The summed E-state index contributed by atoms with van der Waals surface area (Å²) in [6.45, 7) is 4.11. The van der Waals surface area contributed by atoms with Crippen molar-refractivity contribution in [3.63, 3.8) is 0 Å². The number of unbranched alkanes of at least 4 members (excludes halogenated alkanes) is 2. The summed E-state index contributed by atoms with van der Waals surface area (Å²) < 4.78 is 0. The third kappa shape index (κ3) is 4.78. The zero-order valence-corrected chi connectivity index (χ0v) is 11.7. The summed E-state index contributed by atoms with van der Waals surface area (Å²) in [6.07, 6.45) is 4.03. The lowest BCUT2D eigenvalue weighted by atomic mass is 9.90. The first kappa shape index (κ1) is 15.3. The maximum absolute atomic E-state index is 10.4. The first-order valence-electron chi connectivity index (χ1n) is 6.79. The van der Waals surface area contributed by atoms with E-state index in [1.165, 1.54) is 0 Å². The number of hydrogen-bond donors (Lipinski definition) is 1. The topological polar surface area (TPSA) is 44.0 Å². The second-order valence-electron chi connectivity index (χ2n) is 4.80. The van der Waals surface area contributed by atoms with Crippen molar-refractivity contribution >= 4 is 0 Å². The van der Waals surface area contributed by atoms with Gasteiger partial charge in [-0.05, 0) is 18.9 Å². The minimum Gasteiger partial charge on any atom is -0.371 e. The standard InChI is InChI=1S/C17H21NO/c1-3-4-5-6-7-8-13-17(19,14-18)16-11-9-15(2)10-12-16/h9-12,19H,3-5,8,13H2,1-2H3. The van der Waals surface area contributed by atoms with Gasteiger partial charge < -0.3 is 5.11 Å². The average molecular weight is 255 g/mol. The first-order valence-corrected chi connectivity index (χ1v) is 6.79. The number of nitriles is 1. The van der Waals surface area contributed by atoms with E-state index in [4.69, 9.17) is 0 Å². The molecule has 0 fully saturated rings. The highest BCUT2D eigenvalue weighted by molar-refractivity contribution is 5.31.